The van der Waals surface area contributed by atoms with E-state index in [1.807, 2.05) is 6.07 Å². The summed E-state index contributed by atoms with van der Waals surface area (Å²) in [5.74, 6) is 1.30. The van der Waals surface area contributed by atoms with Crippen molar-refractivity contribution in [3.05, 3.63) is 29.3 Å². The second-order valence-electron chi connectivity index (χ2n) is 6.28. The van der Waals surface area contributed by atoms with Crippen LogP contribution >= 0.6 is 0 Å². The largest absolute Gasteiger partial charge is 0.370 e. The zero-order valence-corrected chi connectivity index (χ0v) is 13.5. The minimum atomic E-state index is -2.80. The molecule has 1 fully saturated rings. The molecule has 0 radical (unpaired) electrons. The van der Waals surface area contributed by atoms with E-state index in [1.165, 1.54) is 24.0 Å². The van der Waals surface area contributed by atoms with E-state index in [2.05, 4.69) is 22.4 Å². The predicted molar refractivity (Wildman–Crippen MR) is 90.0 cm³/mol. The van der Waals surface area contributed by atoms with Crippen LogP contribution in [0.5, 0.6) is 0 Å². The second kappa shape index (κ2) is 6.28. The summed E-state index contributed by atoms with van der Waals surface area (Å²) in [6.07, 6.45) is 4.92. The molecule has 0 amide bonds. The van der Waals surface area contributed by atoms with Crippen LogP contribution in [0.2, 0.25) is 0 Å². The van der Waals surface area contributed by atoms with Gasteiger partial charge in [0.05, 0.1) is 11.5 Å². The maximum absolute atomic E-state index is 11.4. The number of nitrogens with two attached hydrogens (primary N) is 1. The van der Waals surface area contributed by atoms with E-state index in [0.29, 0.717) is 31.3 Å². The van der Waals surface area contributed by atoms with Gasteiger partial charge < -0.3 is 11.1 Å². The molecular formula is C16H23N3O2S. The standard InChI is InChI=1S/C16H23N3O2S/c17-16(18-11-12-6-8-22(20,21)9-7-12)19-15-5-4-13-2-1-3-14(13)10-15/h4-5,10,12H,1-3,6-9,11H2,(H3,17,18,19). The molecule has 1 heterocycles. The summed E-state index contributed by atoms with van der Waals surface area (Å²) >= 11 is 0. The topological polar surface area (TPSA) is 84.5 Å². The van der Waals surface area contributed by atoms with Crippen LogP contribution in [0.4, 0.5) is 5.69 Å². The number of fused-ring (bicyclic) bond motifs is 1. The van der Waals surface area contributed by atoms with Gasteiger partial charge in [0, 0.05) is 12.2 Å². The van der Waals surface area contributed by atoms with Crippen molar-refractivity contribution < 1.29 is 8.42 Å². The third-order valence-corrected chi connectivity index (χ3v) is 6.28. The first kappa shape index (κ1) is 15.3. The van der Waals surface area contributed by atoms with E-state index in [1.54, 1.807) is 0 Å². The van der Waals surface area contributed by atoms with E-state index in [9.17, 15) is 8.42 Å². The van der Waals surface area contributed by atoms with Gasteiger partial charge in [0.25, 0.3) is 0 Å². The Morgan fingerprint density at radius 2 is 1.95 bits per heavy atom. The number of anilines is 1. The quantitative estimate of drug-likeness (QED) is 0.656. The SMILES string of the molecule is NC(=NCC1CCS(=O)(=O)CC1)Nc1ccc2c(c1)CCC2. The van der Waals surface area contributed by atoms with Gasteiger partial charge in [-0.2, -0.15) is 0 Å². The fraction of sp³-hybridized carbons (Fsp3) is 0.562. The van der Waals surface area contributed by atoms with Gasteiger partial charge in [-0.25, -0.2) is 8.42 Å². The monoisotopic (exact) mass is 321 g/mol. The maximum atomic E-state index is 11.4. The number of nitrogens with zero attached hydrogens (tertiary/aromatic N) is 1. The first-order valence-electron chi connectivity index (χ1n) is 7.91. The highest BCUT2D eigenvalue weighted by atomic mass is 32.2. The third kappa shape index (κ3) is 3.80. The van der Waals surface area contributed by atoms with E-state index in [0.717, 1.165) is 12.1 Å². The van der Waals surface area contributed by atoms with E-state index < -0.39 is 9.84 Å². The number of sulfone groups is 1. The predicted octanol–water partition coefficient (Wildman–Crippen LogP) is 1.73. The van der Waals surface area contributed by atoms with Crippen LogP contribution in [0.15, 0.2) is 23.2 Å². The molecule has 0 bridgehead atoms. The molecule has 3 rings (SSSR count). The molecule has 1 aliphatic carbocycles. The summed E-state index contributed by atoms with van der Waals surface area (Å²) in [7, 11) is -2.80. The van der Waals surface area contributed by atoms with Crippen LogP contribution in [-0.2, 0) is 22.7 Å². The van der Waals surface area contributed by atoms with E-state index in [4.69, 9.17) is 5.73 Å². The number of nitrogens with one attached hydrogen (secondary N) is 1. The number of guanidine groups is 1. The number of aliphatic imine (C=N–C) groups is 1. The molecule has 1 aromatic carbocycles. The summed E-state index contributed by atoms with van der Waals surface area (Å²) in [6, 6.07) is 6.35. The molecule has 0 spiro atoms. The van der Waals surface area contributed by atoms with Crippen LogP contribution in [0.25, 0.3) is 0 Å². The molecule has 1 saturated heterocycles. The summed E-state index contributed by atoms with van der Waals surface area (Å²) in [6.45, 7) is 0.597. The lowest BCUT2D eigenvalue weighted by atomic mass is 10.0. The first-order chi connectivity index (χ1) is 10.5. The van der Waals surface area contributed by atoms with Gasteiger partial charge in [-0.1, -0.05) is 6.07 Å². The lowest BCUT2D eigenvalue weighted by Gasteiger charge is -2.20. The molecule has 5 nitrogen and oxygen atoms in total. The van der Waals surface area contributed by atoms with Crippen molar-refractivity contribution in [2.75, 3.05) is 23.4 Å². The molecule has 3 N–H and O–H groups in total. The highest BCUT2D eigenvalue weighted by Crippen LogP contribution is 2.25. The first-order valence-corrected chi connectivity index (χ1v) is 9.73. The van der Waals surface area contributed by atoms with Gasteiger partial charge in [-0.15, -0.1) is 0 Å². The van der Waals surface area contributed by atoms with Gasteiger partial charge in [-0.05, 0) is 61.3 Å². The van der Waals surface area contributed by atoms with Crippen molar-refractivity contribution >= 4 is 21.5 Å². The summed E-state index contributed by atoms with van der Waals surface area (Å²) < 4.78 is 22.8. The Morgan fingerprint density at radius 3 is 2.73 bits per heavy atom. The molecule has 0 aromatic heterocycles. The zero-order valence-electron chi connectivity index (χ0n) is 12.7. The van der Waals surface area contributed by atoms with E-state index in [-0.39, 0.29) is 11.5 Å². The summed E-state index contributed by atoms with van der Waals surface area (Å²) in [5, 5.41) is 3.14. The van der Waals surface area contributed by atoms with Crippen LogP contribution < -0.4 is 11.1 Å². The number of hydrogen-bond donors (Lipinski definition) is 2. The van der Waals surface area contributed by atoms with Crippen molar-refractivity contribution in [2.45, 2.75) is 32.1 Å². The second-order valence-corrected chi connectivity index (χ2v) is 8.59. The molecule has 0 saturated carbocycles. The van der Waals surface area contributed by atoms with Gasteiger partial charge >= 0.3 is 0 Å². The fourth-order valence-electron chi connectivity index (χ4n) is 3.19. The number of hydrogen-bond acceptors (Lipinski definition) is 3. The Kier molecular flexibility index (Phi) is 4.38. The summed E-state index contributed by atoms with van der Waals surface area (Å²) in [4.78, 5) is 4.37. The smallest absolute Gasteiger partial charge is 0.193 e. The Balaban J connectivity index is 1.54. The third-order valence-electron chi connectivity index (χ3n) is 4.56. The van der Waals surface area contributed by atoms with E-state index >= 15 is 0 Å². The Labute approximate surface area is 131 Å². The van der Waals surface area contributed by atoms with Gasteiger partial charge in [0.1, 0.15) is 9.84 Å². The van der Waals surface area contributed by atoms with Gasteiger partial charge in [0.15, 0.2) is 5.96 Å². The lowest BCUT2D eigenvalue weighted by molar-refractivity contribution is 0.475. The normalized spacial score (nSPS) is 21.5. The molecule has 0 unspecified atom stereocenters. The number of aryl methyl sites for hydroxylation is 2. The maximum Gasteiger partial charge on any atom is 0.193 e. The Bertz CT molecular complexity index is 669. The number of benzene rings is 1. The molecule has 1 aromatic rings. The molecule has 2 aliphatic rings. The Morgan fingerprint density at radius 1 is 1.23 bits per heavy atom. The van der Waals surface area contributed by atoms with Crippen molar-refractivity contribution in [1.82, 2.24) is 0 Å². The van der Waals surface area contributed by atoms with Crippen LogP contribution in [0, 0.1) is 5.92 Å². The van der Waals surface area contributed by atoms with Crippen molar-refractivity contribution in [3.63, 3.8) is 0 Å². The highest BCUT2D eigenvalue weighted by molar-refractivity contribution is 7.91. The average Bonchev–Trinajstić information content (AvgIpc) is 2.93. The molecule has 6 heteroatoms. The van der Waals surface area contributed by atoms with Crippen LogP contribution in [-0.4, -0.2) is 32.4 Å². The fourth-order valence-corrected chi connectivity index (χ4v) is 4.77. The van der Waals surface area contributed by atoms with Crippen molar-refractivity contribution in [2.24, 2.45) is 16.6 Å². The summed E-state index contributed by atoms with van der Waals surface area (Å²) in [5.41, 5.74) is 9.75. The van der Waals surface area contributed by atoms with Gasteiger partial charge in [-0.3, -0.25) is 4.99 Å². The van der Waals surface area contributed by atoms with Crippen molar-refractivity contribution in [1.29, 1.82) is 0 Å². The minimum absolute atomic E-state index is 0.283. The molecule has 1 aliphatic heterocycles. The minimum Gasteiger partial charge on any atom is -0.370 e. The lowest BCUT2D eigenvalue weighted by Crippen LogP contribution is -2.27. The molecule has 0 atom stereocenters. The molecule has 120 valence electrons. The molecular weight excluding hydrogens is 298 g/mol. The van der Waals surface area contributed by atoms with Gasteiger partial charge in [0.2, 0.25) is 0 Å². The van der Waals surface area contributed by atoms with Crippen molar-refractivity contribution in [3.8, 4) is 0 Å². The highest BCUT2D eigenvalue weighted by Gasteiger charge is 2.23. The van der Waals surface area contributed by atoms with Crippen LogP contribution in [0.1, 0.15) is 30.4 Å². The average molecular weight is 321 g/mol. The Hall–Kier alpha value is -1.56. The number of rotatable bonds is 3. The zero-order chi connectivity index (χ0) is 15.6. The molecule has 22 heavy (non-hydrogen) atoms. The van der Waals surface area contributed by atoms with Crippen LogP contribution in [0.3, 0.4) is 0 Å².